The molecule has 0 bridgehead atoms. The molecule has 2 nitrogen and oxygen atoms in total. The lowest BCUT2D eigenvalue weighted by Gasteiger charge is -2.15. The lowest BCUT2D eigenvalue weighted by Crippen LogP contribution is -2.32. The van der Waals surface area contributed by atoms with Gasteiger partial charge in [0.2, 0.25) is 0 Å². The van der Waals surface area contributed by atoms with Gasteiger partial charge in [-0.05, 0) is 18.0 Å². The molecule has 0 fully saturated rings. The topological polar surface area (TPSA) is 40.5 Å². The van der Waals surface area contributed by atoms with Gasteiger partial charge in [0, 0.05) is 0 Å². The maximum absolute atomic E-state index is 9.43. The van der Waals surface area contributed by atoms with Crippen LogP contribution in [0.2, 0.25) is 12.1 Å². The minimum atomic E-state index is -2.75. The molecule has 80 valence electrons. The van der Waals surface area contributed by atoms with E-state index in [9.17, 15) is 9.59 Å². The van der Waals surface area contributed by atoms with Gasteiger partial charge in [0.1, 0.15) is 0 Å². The third kappa shape index (κ3) is 8.47. The summed E-state index contributed by atoms with van der Waals surface area (Å²) in [6.07, 6.45) is 4.62. The van der Waals surface area contributed by atoms with Crippen LogP contribution < -0.4 is 0 Å². The number of rotatable bonds is 7. The van der Waals surface area contributed by atoms with Crippen molar-refractivity contribution in [2.24, 2.45) is 5.92 Å². The molecule has 13 heavy (non-hydrogen) atoms. The van der Waals surface area contributed by atoms with E-state index >= 15 is 0 Å². The van der Waals surface area contributed by atoms with Gasteiger partial charge in [-0.25, -0.2) is 0 Å². The van der Waals surface area contributed by atoms with E-state index in [1.54, 1.807) is 0 Å². The Morgan fingerprint density at radius 2 is 1.69 bits per heavy atom. The van der Waals surface area contributed by atoms with E-state index in [4.69, 9.17) is 0 Å². The first-order chi connectivity index (χ1) is 5.98. The normalized spacial score (nSPS) is 12.5. The van der Waals surface area contributed by atoms with Gasteiger partial charge in [0.25, 0.3) is 0 Å². The van der Waals surface area contributed by atoms with Crippen molar-refractivity contribution in [3.63, 3.8) is 0 Å². The highest BCUT2D eigenvalue weighted by Crippen LogP contribution is 2.15. The van der Waals surface area contributed by atoms with Crippen LogP contribution >= 0.6 is 0 Å². The summed E-state index contributed by atoms with van der Waals surface area (Å²) >= 11 is 0. The molecule has 0 radical (unpaired) electrons. The quantitative estimate of drug-likeness (QED) is 0.494. The Morgan fingerprint density at radius 3 is 2.15 bits per heavy atom. The highest BCUT2D eigenvalue weighted by atomic mass is 28.4. The van der Waals surface area contributed by atoms with Gasteiger partial charge in [0.15, 0.2) is 0 Å². The first-order valence-corrected chi connectivity index (χ1v) is 7.73. The summed E-state index contributed by atoms with van der Waals surface area (Å²) in [5.41, 5.74) is 0. The molecule has 3 heteroatoms. The Hall–Kier alpha value is 0.137. The molecule has 0 saturated heterocycles. The molecular formula is C10H24O2Si. The molecule has 0 aliphatic heterocycles. The molecule has 2 N–H and O–H groups in total. The van der Waals surface area contributed by atoms with Crippen molar-refractivity contribution >= 4 is 8.56 Å². The number of hydrogen-bond acceptors (Lipinski definition) is 2. The molecule has 0 heterocycles. The zero-order chi connectivity index (χ0) is 10.3. The SMILES string of the molecule is CC[Si](O)(O)CCCCCC(C)C. The van der Waals surface area contributed by atoms with E-state index in [0.29, 0.717) is 12.1 Å². The lowest BCUT2D eigenvalue weighted by molar-refractivity contribution is 0.356. The van der Waals surface area contributed by atoms with Crippen LogP contribution in [0.4, 0.5) is 0 Å². The largest absolute Gasteiger partial charge is 0.411 e. The Morgan fingerprint density at radius 1 is 1.08 bits per heavy atom. The van der Waals surface area contributed by atoms with Crippen molar-refractivity contribution in [3.05, 3.63) is 0 Å². The zero-order valence-corrected chi connectivity index (χ0v) is 10.2. The minimum absolute atomic E-state index is 0.567. The fourth-order valence-corrected chi connectivity index (χ4v) is 2.48. The highest BCUT2D eigenvalue weighted by Gasteiger charge is 2.24. The van der Waals surface area contributed by atoms with Crippen LogP contribution in [0.15, 0.2) is 0 Å². The van der Waals surface area contributed by atoms with Crippen LogP contribution in [0.5, 0.6) is 0 Å². The second-order valence-corrected chi connectivity index (χ2v) is 7.50. The van der Waals surface area contributed by atoms with E-state index in [2.05, 4.69) is 13.8 Å². The fourth-order valence-electron chi connectivity index (χ4n) is 1.31. The van der Waals surface area contributed by atoms with Crippen molar-refractivity contribution in [1.29, 1.82) is 0 Å². The average Bonchev–Trinajstić information content (AvgIpc) is 2.03. The van der Waals surface area contributed by atoms with Gasteiger partial charge in [-0.15, -0.1) is 0 Å². The fraction of sp³-hybridized carbons (Fsp3) is 1.00. The van der Waals surface area contributed by atoms with E-state index < -0.39 is 8.56 Å². The van der Waals surface area contributed by atoms with Crippen molar-refractivity contribution in [2.45, 2.75) is 58.5 Å². The summed E-state index contributed by atoms with van der Waals surface area (Å²) in [4.78, 5) is 18.9. The summed E-state index contributed by atoms with van der Waals surface area (Å²) in [6, 6.07) is 1.22. The van der Waals surface area contributed by atoms with Crippen molar-refractivity contribution in [2.75, 3.05) is 0 Å². The van der Waals surface area contributed by atoms with Gasteiger partial charge in [0.05, 0.1) is 0 Å². The summed E-state index contributed by atoms with van der Waals surface area (Å²) < 4.78 is 0. The Labute approximate surface area is 83.2 Å². The van der Waals surface area contributed by atoms with Crippen LogP contribution in [0.3, 0.4) is 0 Å². The second-order valence-electron chi connectivity index (χ2n) is 4.33. The molecule has 0 saturated carbocycles. The molecule has 0 aliphatic rings. The van der Waals surface area contributed by atoms with E-state index in [0.717, 1.165) is 18.8 Å². The first-order valence-electron chi connectivity index (χ1n) is 5.42. The lowest BCUT2D eigenvalue weighted by atomic mass is 10.1. The summed E-state index contributed by atoms with van der Waals surface area (Å²) in [5.74, 6) is 0.774. The van der Waals surface area contributed by atoms with Crippen LogP contribution in [-0.2, 0) is 0 Å². The predicted molar refractivity (Wildman–Crippen MR) is 58.8 cm³/mol. The summed E-state index contributed by atoms with van der Waals surface area (Å²) in [7, 11) is -2.75. The van der Waals surface area contributed by atoms with Gasteiger partial charge < -0.3 is 9.59 Å². The maximum atomic E-state index is 9.43. The molecule has 0 rings (SSSR count). The van der Waals surface area contributed by atoms with Crippen LogP contribution in [0.1, 0.15) is 46.5 Å². The van der Waals surface area contributed by atoms with Crippen LogP contribution in [-0.4, -0.2) is 18.2 Å². The molecule has 0 amide bonds. The third-order valence-electron chi connectivity index (χ3n) is 2.42. The van der Waals surface area contributed by atoms with E-state index in [1.165, 1.54) is 12.8 Å². The first kappa shape index (κ1) is 13.1. The van der Waals surface area contributed by atoms with Crippen LogP contribution in [0.25, 0.3) is 0 Å². The molecule has 0 spiro atoms. The van der Waals surface area contributed by atoms with Crippen molar-refractivity contribution in [1.82, 2.24) is 0 Å². The van der Waals surface area contributed by atoms with E-state index in [1.807, 2.05) is 6.92 Å². The minimum Gasteiger partial charge on any atom is -0.411 e. The molecule has 0 aromatic rings. The summed E-state index contributed by atoms with van der Waals surface area (Å²) in [6.45, 7) is 6.31. The molecule has 0 atom stereocenters. The third-order valence-corrected chi connectivity index (χ3v) is 4.71. The maximum Gasteiger partial charge on any atom is 0.332 e. The molecule has 0 aromatic heterocycles. The van der Waals surface area contributed by atoms with Crippen molar-refractivity contribution < 1.29 is 9.59 Å². The average molecular weight is 204 g/mol. The summed E-state index contributed by atoms with van der Waals surface area (Å²) in [5, 5.41) is 0. The van der Waals surface area contributed by atoms with Crippen molar-refractivity contribution in [3.8, 4) is 0 Å². The predicted octanol–water partition coefficient (Wildman–Crippen LogP) is 2.65. The zero-order valence-electron chi connectivity index (χ0n) is 9.21. The highest BCUT2D eigenvalue weighted by molar-refractivity contribution is 6.64. The van der Waals surface area contributed by atoms with E-state index in [-0.39, 0.29) is 0 Å². The molecular weight excluding hydrogens is 180 g/mol. The molecule has 0 unspecified atom stereocenters. The number of hydrogen-bond donors (Lipinski definition) is 2. The smallest absolute Gasteiger partial charge is 0.332 e. The Kier molecular flexibility index (Phi) is 6.64. The van der Waals surface area contributed by atoms with Gasteiger partial charge in [-0.2, -0.15) is 0 Å². The van der Waals surface area contributed by atoms with Crippen LogP contribution in [0, 0.1) is 5.92 Å². The second kappa shape index (κ2) is 6.57. The Balaban J connectivity index is 3.26. The standard InChI is InChI=1S/C10H24O2Si/c1-4-13(11,12)9-7-5-6-8-10(2)3/h10-12H,4-9H2,1-3H3. The number of unbranched alkanes of at least 4 members (excludes halogenated alkanes) is 2. The molecule has 0 aromatic carbocycles. The van der Waals surface area contributed by atoms with Gasteiger partial charge >= 0.3 is 8.56 Å². The molecule has 0 aliphatic carbocycles. The monoisotopic (exact) mass is 204 g/mol. The van der Waals surface area contributed by atoms with Gasteiger partial charge in [-0.3, -0.25) is 0 Å². The van der Waals surface area contributed by atoms with Gasteiger partial charge in [-0.1, -0.05) is 46.5 Å². The Bertz CT molecular complexity index is 124.